The van der Waals surface area contributed by atoms with Crippen LogP contribution in [0.4, 0.5) is 0 Å². The van der Waals surface area contributed by atoms with Crippen molar-refractivity contribution in [3.63, 3.8) is 0 Å². The first kappa shape index (κ1) is 22.3. The quantitative estimate of drug-likeness (QED) is 0.393. The predicted molar refractivity (Wildman–Crippen MR) is 120 cm³/mol. The molecule has 0 aliphatic carbocycles. The molecule has 0 bridgehead atoms. The smallest absolute Gasteiger partial charge is 0.0132 e. The summed E-state index contributed by atoms with van der Waals surface area (Å²) >= 11 is 2.10. The maximum absolute atomic E-state index is 2.50. The molecule has 0 atom stereocenters. The standard InChI is InChI=1S/C21H38PSSi/c1-19(2,3)15-13-16(20(4,5)6)18(22-24(11,12)23-10)17(14-15)21(7,8)9/h13-14H,1-12H3/q-1. The molecule has 0 unspecified atom stereocenters. The molecule has 0 radical (unpaired) electrons. The molecule has 24 heavy (non-hydrogen) atoms. The van der Waals surface area contributed by atoms with Crippen molar-refractivity contribution in [3.05, 3.63) is 28.8 Å². The van der Waals surface area contributed by atoms with E-state index in [-0.39, 0.29) is 16.2 Å². The van der Waals surface area contributed by atoms with Crippen LogP contribution in [0.25, 0.3) is 0 Å². The van der Waals surface area contributed by atoms with Gasteiger partial charge in [0.1, 0.15) is 0 Å². The molecule has 0 N–H and O–H groups in total. The van der Waals surface area contributed by atoms with Crippen molar-refractivity contribution in [3.8, 4) is 0 Å². The molecule has 1 aromatic carbocycles. The van der Waals surface area contributed by atoms with Crippen LogP contribution in [0.1, 0.15) is 79.0 Å². The summed E-state index contributed by atoms with van der Waals surface area (Å²) in [4.78, 5) is 0. The van der Waals surface area contributed by atoms with Gasteiger partial charge >= 0.3 is 0 Å². The van der Waals surface area contributed by atoms with Gasteiger partial charge in [-0.1, -0.05) is 98.7 Å². The van der Waals surface area contributed by atoms with E-state index in [0.29, 0.717) is 0 Å². The van der Waals surface area contributed by atoms with Crippen LogP contribution in [0.3, 0.4) is 0 Å². The highest BCUT2D eigenvalue weighted by molar-refractivity contribution is 8.42. The second kappa shape index (κ2) is 7.09. The zero-order chi connectivity index (χ0) is 19.1. The van der Waals surface area contributed by atoms with Crippen molar-refractivity contribution < 1.29 is 0 Å². The van der Waals surface area contributed by atoms with E-state index >= 15 is 0 Å². The maximum atomic E-state index is 2.50. The molecule has 1 aromatic rings. The van der Waals surface area contributed by atoms with Gasteiger partial charge in [0.05, 0.1) is 0 Å². The van der Waals surface area contributed by atoms with Crippen LogP contribution in [-0.4, -0.2) is 13.1 Å². The Balaban J connectivity index is 3.81. The van der Waals surface area contributed by atoms with Gasteiger partial charge in [-0.05, 0) is 35.0 Å². The first-order valence-corrected chi connectivity index (χ1v) is 15.6. The van der Waals surface area contributed by atoms with Crippen LogP contribution in [0, 0.1) is 0 Å². The van der Waals surface area contributed by atoms with E-state index in [2.05, 4.69) is 105 Å². The van der Waals surface area contributed by atoms with Crippen molar-refractivity contribution in [2.24, 2.45) is 0 Å². The third-order valence-electron chi connectivity index (χ3n) is 4.47. The molecule has 0 amide bonds. The van der Waals surface area contributed by atoms with Crippen molar-refractivity contribution in [2.75, 3.05) is 6.26 Å². The summed E-state index contributed by atoms with van der Waals surface area (Å²) < 4.78 is 0. The summed E-state index contributed by atoms with van der Waals surface area (Å²) in [6, 6.07) is 5.00. The molecule has 0 aromatic heterocycles. The number of hydrogen-bond acceptors (Lipinski definition) is 1. The van der Waals surface area contributed by atoms with Crippen molar-refractivity contribution in [1.82, 2.24) is 0 Å². The summed E-state index contributed by atoms with van der Waals surface area (Å²) in [7, 11) is 1.57. The van der Waals surface area contributed by atoms with Gasteiger partial charge in [0.25, 0.3) is 0 Å². The van der Waals surface area contributed by atoms with Gasteiger partial charge in [-0.2, -0.15) is 5.30 Å². The summed E-state index contributed by atoms with van der Waals surface area (Å²) in [6.07, 6.45) is 2.29. The van der Waals surface area contributed by atoms with Crippen LogP contribution >= 0.6 is 19.3 Å². The van der Waals surface area contributed by atoms with Crippen LogP contribution in [0.15, 0.2) is 12.1 Å². The zero-order valence-corrected chi connectivity index (χ0v) is 20.7. The first-order valence-electron chi connectivity index (χ1n) is 8.96. The van der Waals surface area contributed by atoms with Crippen molar-refractivity contribution in [2.45, 2.75) is 91.7 Å². The second-order valence-electron chi connectivity index (χ2n) is 10.4. The first-order chi connectivity index (χ1) is 10.5. The Labute approximate surface area is 158 Å². The largest absolute Gasteiger partial charge is 0.495 e. The van der Waals surface area contributed by atoms with Crippen molar-refractivity contribution in [1.29, 1.82) is 0 Å². The number of rotatable bonds is 3. The fourth-order valence-corrected chi connectivity index (χ4v) is 8.57. The molecule has 0 spiro atoms. The van der Waals surface area contributed by atoms with Crippen LogP contribution in [-0.2, 0) is 16.2 Å². The summed E-state index contributed by atoms with van der Waals surface area (Å²) in [5, 5.41) is 1.61. The summed E-state index contributed by atoms with van der Waals surface area (Å²) in [5.74, 6) is 0. The van der Waals surface area contributed by atoms with Gasteiger partial charge in [-0.15, -0.1) is 0 Å². The van der Waals surface area contributed by atoms with E-state index in [1.54, 1.807) is 24.6 Å². The summed E-state index contributed by atoms with van der Waals surface area (Å²) in [5.41, 5.74) is 5.10. The Morgan fingerprint density at radius 2 is 1.12 bits per heavy atom. The SMILES string of the molecule is CS[Si](C)(C)[P-]c1c(C(C)(C)C)cc(C(C)(C)C)cc1C(C)(C)C. The average Bonchev–Trinajstić information content (AvgIpc) is 2.34. The highest BCUT2D eigenvalue weighted by Crippen LogP contribution is 2.42. The normalized spacial score (nSPS) is 14.7. The maximum Gasteiger partial charge on any atom is -0.0132 e. The van der Waals surface area contributed by atoms with E-state index in [1.807, 2.05) is 0 Å². The minimum atomic E-state index is -1.31. The molecule has 0 aliphatic heterocycles. The van der Waals surface area contributed by atoms with Gasteiger partial charge in [0.15, 0.2) is 0 Å². The van der Waals surface area contributed by atoms with Gasteiger partial charge in [0.2, 0.25) is 0 Å². The van der Waals surface area contributed by atoms with E-state index in [1.165, 1.54) is 5.56 Å². The van der Waals surface area contributed by atoms with Gasteiger partial charge in [-0.3, -0.25) is 0 Å². The lowest BCUT2D eigenvalue weighted by molar-refractivity contribution is 0.554. The molecule has 1 rings (SSSR count). The molecular weight excluding hydrogens is 343 g/mol. The Hall–Kier alpha value is 0.217. The third-order valence-corrected chi connectivity index (χ3v) is 14.5. The van der Waals surface area contributed by atoms with E-state index < -0.39 is 6.89 Å². The van der Waals surface area contributed by atoms with Crippen LogP contribution in [0.2, 0.25) is 13.1 Å². The average molecular weight is 382 g/mol. The molecular formula is C21H38PSSi-. The lowest BCUT2D eigenvalue weighted by Crippen LogP contribution is -2.33. The number of hydrogen-bond donors (Lipinski definition) is 0. The van der Waals surface area contributed by atoms with E-state index in [0.717, 1.165) is 0 Å². The fourth-order valence-electron chi connectivity index (χ4n) is 2.65. The van der Waals surface area contributed by atoms with Crippen LogP contribution in [0.5, 0.6) is 0 Å². The van der Waals surface area contributed by atoms with Gasteiger partial charge in [-0.25, -0.2) is 11.2 Å². The highest BCUT2D eigenvalue weighted by atomic mass is 32.4. The second-order valence-corrected chi connectivity index (χ2v) is 23.6. The lowest BCUT2D eigenvalue weighted by atomic mass is 9.75. The monoisotopic (exact) mass is 381 g/mol. The molecule has 0 saturated carbocycles. The Morgan fingerprint density at radius 3 is 1.38 bits per heavy atom. The van der Waals surface area contributed by atoms with Crippen LogP contribution < -0.4 is 5.30 Å². The van der Waals surface area contributed by atoms with E-state index in [9.17, 15) is 0 Å². The zero-order valence-electron chi connectivity index (χ0n) is 18.0. The molecule has 0 fully saturated rings. The Morgan fingerprint density at radius 1 is 0.750 bits per heavy atom. The van der Waals surface area contributed by atoms with Gasteiger partial charge < -0.3 is 8.13 Å². The summed E-state index contributed by atoms with van der Waals surface area (Å²) in [6.45, 7) is 24.9. The number of benzene rings is 1. The minimum Gasteiger partial charge on any atom is -0.495 e. The topological polar surface area (TPSA) is 0 Å². The lowest BCUT2D eigenvalue weighted by Gasteiger charge is -2.45. The van der Waals surface area contributed by atoms with E-state index in [4.69, 9.17) is 0 Å². The minimum absolute atomic E-state index is 0.173. The molecule has 0 saturated heterocycles. The third kappa shape index (κ3) is 5.61. The fraction of sp³-hybridized carbons (Fsp3) is 0.714. The Bertz CT molecular complexity index is 548. The molecule has 0 aliphatic rings. The Kier molecular flexibility index (Phi) is 6.57. The van der Waals surface area contributed by atoms with Crippen molar-refractivity contribution >= 4 is 31.5 Å². The molecule has 138 valence electrons. The molecule has 0 heterocycles. The predicted octanol–water partition coefficient (Wildman–Crippen LogP) is 7.22. The highest BCUT2D eigenvalue weighted by Gasteiger charge is 2.26. The molecule has 0 nitrogen and oxygen atoms in total. The van der Waals surface area contributed by atoms with Gasteiger partial charge in [0, 0.05) is 0 Å². The molecule has 3 heteroatoms.